The van der Waals surface area contributed by atoms with E-state index in [1.807, 2.05) is 84.1 Å². The Bertz CT molecular complexity index is 1440. The summed E-state index contributed by atoms with van der Waals surface area (Å²) in [4.78, 5) is 17.7. The molecular weight excluding hydrogens is 402 g/mol. The zero-order valence-electron chi connectivity index (χ0n) is 17.7. The lowest BCUT2D eigenvalue weighted by atomic mass is 10.0. The molecule has 158 valence electrons. The highest BCUT2D eigenvalue weighted by molar-refractivity contribution is 6.10. The molecule has 0 fully saturated rings. The van der Waals surface area contributed by atoms with E-state index in [-0.39, 0.29) is 5.78 Å². The number of nitrogens with zero attached hydrogens (tertiary/aromatic N) is 4. The standard InChI is InChI=1S/C25H21N5O2/c1-16-28-29-25-24(26-15-17-7-6-10-20(13-17)32-2)27-21-12-11-19(14-22(21)30(16)25)23(31)18-8-4-3-5-9-18/h3-14H,15H2,1-2H3,(H,26,27). The molecule has 0 aliphatic heterocycles. The molecule has 0 saturated heterocycles. The molecule has 0 unspecified atom stereocenters. The fourth-order valence-corrected chi connectivity index (χ4v) is 3.76. The summed E-state index contributed by atoms with van der Waals surface area (Å²) in [6.07, 6.45) is 0. The Morgan fingerprint density at radius 2 is 1.81 bits per heavy atom. The number of carbonyl (C=O) groups is 1. The third-order valence-corrected chi connectivity index (χ3v) is 5.38. The number of hydrogen-bond acceptors (Lipinski definition) is 6. The van der Waals surface area contributed by atoms with Crippen molar-refractivity contribution in [2.45, 2.75) is 13.5 Å². The molecule has 5 rings (SSSR count). The summed E-state index contributed by atoms with van der Waals surface area (Å²) in [6, 6.07) is 22.6. The second-order valence-electron chi connectivity index (χ2n) is 7.47. The monoisotopic (exact) mass is 423 g/mol. The number of aromatic nitrogens is 4. The van der Waals surface area contributed by atoms with Gasteiger partial charge in [-0.25, -0.2) is 4.98 Å². The van der Waals surface area contributed by atoms with Gasteiger partial charge >= 0.3 is 0 Å². The number of ether oxygens (including phenoxy) is 1. The third kappa shape index (κ3) is 3.54. The van der Waals surface area contributed by atoms with E-state index in [9.17, 15) is 4.79 Å². The summed E-state index contributed by atoms with van der Waals surface area (Å²) in [5.74, 6) is 2.12. The lowest BCUT2D eigenvalue weighted by Crippen LogP contribution is -2.07. The number of hydrogen-bond donors (Lipinski definition) is 1. The lowest BCUT2D eigenvalue weighted by molar-refractivity contribution is 0.103. The zero-order valence-corrected chi connectivity index (χ0v) is 17.7. The first-order valence-electron chi connectivity index (χ1n) is 10.3. The molecule has 0 spiro atoms. The number of rotatable bonds is 6. The van der Waals surface area contributed by atoms with Gasteiger partial charge in [0, 0.05) is 17.7 Å². The quantitative estimate of drug-likeness (QED) is 0.407. The Hall–Kier alpha value is -4.26. The van der Waals surface area contributed by atoms with Crippen molar-refractivity contribution in [1.29, 1.82) is 0 Å². The zero-order chi connectivity index (χ0) is 22.1. The average molecular weight is 423 g/mol. The molecule has 7 nitrogen and oxygen atoms in total. The van der Waals surface area contributed by atoms with Gasteiger partial charge in [-0.1, -0.05) is 42.5 Å². The highest BCUT2D eigenvalue weighted by atomic mass is 16.5. The van der Waals surface area contributed by atoms with Crippen LogP contribution in [0.4, 0.5) is 5.82 Å². The number of carbonyl (C=O) groups excluding carboxylic acids is 1. The SMILES string of the molecule is COc1cccc(CNc2nc3ccc(C(=O)c4ccccc4)cc3n3c(C)nnc23)c1. The predicted octanol–water partition coefficient (Wildman–Crippen LogP) is 4.44. The molecule has 0 aliphatic carbocycles. The van der Waals surface area contributed by atoms with Gasteiger partial charge in [0.1, 0.15) is 11.6 Å². The molecule has 0 amide bonds. The molecule has 0 saturated carbocycles. The largest absolute Gasteiger partial charge is 0.497 e. The first-order valence-corrected chi connectivity index (χ1v) is 10.3. The minimum atomic E-state index is -0.0356. The fourth-order valence-electron chi connectivity index (χ4n) is 3.76. The number of benzene rings is 3. The highest BCUT2D eigenvalue weighted by Gasteiger charge is 2.16. The normalized spacial score (nSPS) is 11.1. The van der Waals surface area contributed by atoms with Gasteiger partial charge in [0.25, 0.3) is 0 Å². The number of fused-ring (bicyclic) bond motifs is 3. The van der Waals surface area contributed by atoms with Crippen LogP contribution in [-0.2, 0) is 6.54 Å². The molecule has 3 aromatic carbocycles. The number of aryl methyl sites for hydroxylation is 1. The molecule has 0 radical (unpaired) electrons. The van der Waals surface area contributed by atoms with Crippen LogP contribution in [0.3, 0.4) is 0 Å². The Morgan fingerprint density at radius 3 is 2.62 bits per heavy atom. The Balaban J connectivity index is 1.55. The highest BCUT2D eigenvalue weighted by Crippen LogP contribution is 2.24. The van der Waals surface area contributed by atoms with E-state index in [4.69, 9.17) is 9.72 Å². The molecule has 0 aliphatic rings. The second kappa shape index (κ2) is 8.11. The average Bonchev–Trinajstić information content (AvgIpc) is 3.24. The van der Waals surface area contributed by atoms with Crippen LogP contribution < -0.4 is 10.1 Å². The smallest absolute Gasteiger partial charge is 0.204 e. The van der Waals surface area contributed by atoms with E-state index in [2.05, 4.69) is 15.5 Å². The van der Waals surface area contributed by atoms with Crippen LogP contribution in [0, 0.1) is 6.92 Å². The second-order valence-corrected chi connectivity index (χ2v) is 7.47. The molecule has 7 heteroatoms. The predicted molar refractivity (Wildman–Crippen MR) is 123 cm³/mol. The van der Waals surface area contributed by atoms with Crippen molar-refractivity contribution in [1.82, 2.24) is 19.6 Å². The molecule has 1 N–H and O–H groups in total. The van der Waals surface area contributed by atoms with E-state index in [1.165, 1.54) is 0 Å². The molecule has 2 aromatic heterocycles. The molecule has 5 aromatic rings. The maximum absolute atomic E-state index is 12.9. The topological polar surface area (TPSA) is 81.4 Å². The van der Waals surface area contributed by atoms with E-state index < -0.39 is 0 Å². The Labute approximate surface area is 184 Å². The Kier molecular flexibility index (Phi) is 4.99. The van der Waals surface area contributed by atoms with Crippen molar-refractivity contribution in [3.63, 3.8) is 0 Å². The van der Waals surface area contributed by atoms with E-state index in [0.717, 1.165) is 28.2 Å². The van der Waals surface area contributed by atoms with Crippen molar-refractivity contribution in [2.24, 2.45) is 0 Å². The Morgan fingerprint density at radius 1 is 0.969 bits per heavy atom. The van der Waals surface area contributed by atoms with Crippen LogP contribution in [0.5, 0.6) is 5.75 Å². The maximum atomic E-state index is 12.9. The minimum Gasteiger partial charge on any atom is -0.497 e. The van der Waals surface area contributed by atoms with E-state index in [1.54, 1.807) is 7.11 Å². The summed E-state index contributed by atoms with van der Waals surface area (Å²) in [7, 11) is 1.65. The van der Waals surface area contributed by atoms with Crippen LogP contribution >= 0.6 is 0 Å². The van der Waals surface area contributed by atoms with Crippen molar-refractivity contribution in [2.75, 3.05) is 12.4 Å². The third-order valence-electron chi connectivity index (χ3n) is 5.38. The number of anilines is 1. The van der Waals surface area contributed by atoms with Crippen molar-refractivity contribution in [3.05, 3.63) is 95.3 Å². The van der Waals surface area contributed by atoms with Crippen LogP contribution in [0.15, 0.2) is 72.8 Å². The molecule has 0 atom stereocenters. The first kappa shape index (κ1) is 19.7. The van der Waals surface area contributed by atoms with Crippen LogP contribution in [0.2, 0.25) is 0 Å². The van der Waals surface area contributed by atoms with Crippen molar-refractivity contribution in [3.8, 4) is 5.75 Å². The molecular formula is C25H21N5O2. The van der Waals surface area contributed by atoms with Gasteiger partial charge in [0.2, 0.25) is 5.65 Å². The van der Waals surface area contributed by atoms with Gasteiger partial charge in [-0.3, -0.25) is 9.20 Å². The summed E-state index contributed by atoms with van der Waals surface area (Å²) in [5.41, 5.74) is 4.45. The molecule has 2 heterocycles. The minimum absolute atomic E-state index is 0.0356. The van der Waals surface area contributed by atoms with E-state index >= 15 is 0 Å². The van der Waals surface area contributed by atoms with Crippen LogP contribution in [0.25, 0.3) is 16.7 Å². The van der Waals surface area contributed by atoms with Gasteiger partial charge in [-0.15, -0.1) is 10.2 Å². The van der Waals surface area contributed by atoms with Gasteiger partial charge in [-0.2, -0.15) is 0 Å². The summed E-state index contributed by atoms with van der Waals surface area (Å²) in [5, 5.41) is 11.9. The molecule has 32 heavy (non-hydrogen) atoms. The van der Waals surface area contributed by atoms with Crippen LogP contribution in [-0.4, -0.2) is 32.5 Å². The van der Waals surface area contributed by atoms with E-state index in [0.29, 0.717) is 29.1 Å². The van der Waals surface area contributed by atoms with Crippen molar-refractivity contribution < 1.29 is 9.53 Å². The fraction of sp³-hybridized carbons (Fsp3) is 0.120. The van der Waals surface area contributed by atoms with Gasteiger partial charge in [-0.05, 0) is 42.8 Å². The van der Waals surface area contributed by atoms with Crippen LogP contribution in [0.1, 0.15) is 27.3 Å². The van der Waals surface area contributed by atoms with Crippen molar-refractivity contribution >= 4 is 28.3 Å². The molecule has 0 bridgehead atoms. The van der Waals surface area contributed by atoms with Gasteiger partial charge < -0.3 is 10.1 Å². The van der Waals surface area contributed by atoms with Gasteiger partial charge in [0.15, 0.2) is 11.6 Å². The number of ketones is 1. The first-order chi connectivity index (χ1) is 15.6. The summed E-state index contributed by atoms with van der Waals surface area (Å²) >= 11 is 0. The number of methoxy groups -OCH3 is 1. The van der Waals surface area contributed by atoms with Gasteiger partial charge in [0.05, 0.1) is 18.1 Å². The maximum Gasteiger partial charge on any atom is 0.204 e. The summed E-state index contributed by atoms with van der Waals surface area (Å²) < 4.78 is 7.23. The lowest BCUT2D eigenvalue weighted by Gasteiger charge is -2.11. The summed E-state index contributed by atoms with van der Waals surface area (Å²) in [6.45, 7) is 2.44. The number of nitrogens with one attached hydrogen (secondary N) is 1.